The van der Waals surface area contributed by atoms with Gasteiger partial charge in [0.1, 0.15) is 0 Å². The molecule has 7 heteroatoms. The Bertz CT molecular complexity index is 551. The first-order valence-electron chi connectivity index (χ1n) is 6.98. The van der Waals surface area contributed by atoms with Crippen molar-refractivity contribution in [3.05, 3.63) is 25.4 Å². The van der Waals surface area contributed by atoms with Crippen LogP contribution < -0.4 is 11.2 Å². The van der Waals surface area contributed by atoms with Gasteiger partial charge in [-0.3, -0.25) is 14.6 Å². The van der Waals surface area contributed by atoms with Crippen LogP contribution in [0.2, 0.25) is 0 Å². The van der Waals surface area contributed by atoms with Crippen LogP contribution in [0.3, 0.4) is 0 Å². The van der Waals surface area contributed by atoms with E-state index in [9.17, 15) is 14.4 Å². The fourth-order valence-electron chi connectivity index (χ4n) is 1.89. The molecule has 0 saturated heterocycles. The molecule has 0 aliphatic heterocycles. The standard InChI is InChI=1S/C13H20BrN3O3/c1-2-3-4-5-6-7-8-9-10(18)17-13(20)15-12(19)11(14)16-17/h2-9H2,1H3,(H,15,19,20). The summed E-state index contributed by atoms with van der Waals surface area (Å²) in [7, 11) is 0. The van der Waals surface area contributed by atoms with Crippen LogP contribution in [0.1, 0.15) is 63.1 Å². The summed E-state index contributed by atoms with van der Waals surface area (Å²) in [5.41, 5.74) is -1.42. The van der Waals surface area contributed by atoms with Crippen molar-refractivity contribution in [2.75, 3.05) is 0 Å². The predicted molar refractivity (Wildman–Crippen MR) is 80.1 cm³/mol. The minimum absolute atomic E-state index is 0.0648. The van der Waals surface area contributed by atoms with Crippen LogP contribution in [0.5, 0.6) is 0 Å². The molecule has 0 radical (unpaired) electrons. The normalized spacial score (nSPS) is 10.7. The molecule has 112 valence electrons. The summed E-state index contributed by atoms with van der Waals surface area (Å²) in [5, 5.41) is 3.64. The lowest BCUT2D eigenvalue weighted by Gasteiger charge is -2.03. The minimum Gasteiger partial charge on any atom is -0.272 e. The van der Waals surface area contributed by atoms with Gasteiger partial charge in [0.25, 0.3) is 11.5 Å². The van der Waals surface area contributed by atoms with E-state index in [2.05, 4.69) is 28.0 Å². The molecule has 0 saturated carbocycles. The first-order chi connectivity index (χ1) is 9.56. The van der Waals surface area contributed by atoms with Gasteiger partial charge in [-0.25, -0.2) is 4.79 Å². The van der Waals surface area contributed by atoms with Crippen LogP contribution in [-0.2, 0) is 0 Å². The Morgan fingerprint density at radius 3 is 2.40 bits per heavy atom. The van der Waals surface area contributed by atoms with Gasteiger partial charge < -0.3 is 0 Å². The number of carbonyl (C=O) groups is 1. The zero-order valence-corrected chi connectivity index (χ0v) is 13.2. The van der Waals surface area contributed by atoms with Crippen molar-refractivity contribution in [1.82, 2.24) is 14.8 Å². The average molecular weight is 346 g/mol. The van der Waals surface area contributed by atoms with E-state index in [1.807, 2.05) is 4.98 Å². The first kappa shape index (κ1) is 16.8. The van der Waals surface area contributed by atoms with Crippen molar-refractivity contribution < 1.29 is 4.79 Å². The lowest BCUT2D eigenvalue weighted by molar-refractivity contribution is 0.0873. The Morgan fingerprint density at radius 2 is 1.75 bits per heavy atom. The highest BCUT2D eigenvalue weighted by atomic mass is 79.9. The third-order valence-corrected chi connectivity index (χ3v) is 3.54. The maximum atomic E-state index is 11.8. The molecule has 0 unspecified atom stereocenters. The Kier molecular flexibility index (Phi) is 7.43. The zero-order valence-electron chi connectivity index (χ0n) is 11.7. The van der Waals surface area contributed by atoms with E-state index < -0.39 is 11.2 Å². The van der Waals surface area contributed by atoms with Gasteiger partial charge in [0.15, 0.2) is 4.60 Å². The molecule has 1 heterocycles. The second-order valence-corrected chi connectivity index (χ2v) is 5.48. The fourth-order valence-corrected chi connectivity index (χ4v) is 2.15. The first-order valence-corrected chi connectivity index (χ1v) is 7.78. The molecule has 1 aromatic rings. The van der Waals surface area contributed by atoms with Gasteiger partial charge in [0, 0.05) is 6.42 Å². The third-order valence-electron chi connectivity index (χ3n) is 3.02. The summed E-state index contributed by atoms with van der Waals surface area (Å²) < 4.78 is 0.646. The van der Waals surface area contributed by atoms with Gasteiger partial charge >= 0.3 is 5.69 Å². The van der Waals surface area contributed by atoms with E-state index in [0.29, 0.717) is 4.68 Å². The van der Waals surface area contributed by atoms with Crippen LogP contribution in [0, 0.1) is 0 Å². The van der Waals surface area contributed by atoms with Gasteiger partial charge in [0.2, 0.25) is 0 Å². The maximum Gasteiger partial charge on any atom is 0.352 e. The summed E-state index contributed by atoms with van der Waals surface area (Å²) in [6, 6.07) is 0. The molecular weight excluding hydrogens is 326 g/mol. The number of rotatable bonds is 8. The number of halogens is 1. The van der Waals surface area contributed by atoms with Gasteiger partial charge in [-0.2, -0.15) is 0 Å². The molecule has 0 aliphatic rings. The smallest absolute Gasteiger partial charge is 0.272 e. The van der Waals surface area contributed by atoms with E-state index in [1.165, 1.54) is 25.7 Å². The number of nitrogens with one attached hydrogen (secondary N) is 1. The molecule has 1 aromatic heterocycles. The summed E-state index contributed by atoms with van der Waals surface area (Å²) >= 11 is 2.90. The van der Waals surface area contributed by atoms with E-state index in [-0.39, 0.29) is 16.9 Å². The number of nitrogens with zero attached hydrogens (tertiary/aromatic N) is 2. The Hall–Kier alpha value is -1.24. The summed E-state index contributed by atoms with van der Waals surface area (Å²) in [6.45, 7) is 2.17. The molecule has 0 atom stereocenters. The van der Waals surface area contributed by atoms with Crippen LogP contribution >= 0.6 is 15.9 Å². The fraction of sp³-hybridized carbons (Fsp3) is 0.692. The van der Waals surface area contributed by atoms with Crippen molar-refractivity contribution in [3.8, 4) is 0 Å². The van der Waals surface area contributed by atoms with Crippen LogP contribution in [0.25, 0.3) is 0 Å². The largest absolute Gasteiger partial charge is 0.352 e. The number of hydrogen-bond acceptors (Lipinski definition) is 4. The number of carbonyl (C=O) groups excluding carboxylic acids is 1. The zero-order chi connectivity index (χ0) is 15.0. The topological polar surface area (TPSA) is 84.8 Å². The second kappa shape index (κ2) is 8.84. The SMILES string of the molecule is CCCCCCCCCC(=O)n1nc(Br)c(=O)[nH]c1=O. The molecule has 0 aliphatic carbocycles. The molecular formula is C13H20BrN3O3. The van der Waals surface area contributed by atoms with Crippen molar-refractivity contribution >= 4 is 21.8 Å². The average Bonchev–Trinajstić information content (AvgIpc) is 2.41. The van der Waals surface area contributed by atoms with Crippen LogP contribution in [0.4, 0.5) is 0 Å². The van der Waals surface area contributed by atoms with E-state index >= 15 is 0 Å². The molecule has 0 fully saturated rings. The summed E-state index contributed by atoms with van der Waals surface area (Å²) in [4.78, 5) is 36.4. The molecule has 1 N–H and O–H groups in total. The second-order valence-electron chi connectivity index (χ2n) is 4.73. The molecule has 0 aromatic carbocycles. The van der Waals surface area contributed by atoms with Crippen molar-refractivity contribution in [3.63, 3.8) is 0 Å². The van der Waals surface area contributed by atoms with E-state index in [4.69, 9.17) is 0 Å². The molecule has 20 heavy (non-hydrogen) atoms. The lowest BCUT2D eigenvalue weighted by Crippen LogP contribution is -2.36. The summed E-state index contributed by atoms with van der Waals surface area (Å²) in [6.07, 6.45) is 7.95. The van der Waals surface area contributed by atoms with Crippen LogP contribution in [0.15, 0.2) is 14.2 Å². The van der Waals surface area contributed by atoms with Crippen molar-refractivity contribution in [2.24, 2.45) is 0 Å². The van der Waals surface area contributed by atoms with Gasteiger partial charge in [-0.15, -0.1) is 9.78 Å². The van der Waals surface area contributed by atoms with Gasteiger partial charge in [-0.05, 0) is 22.4 Å². The number of aromatic nitrogens is 3. The van der Waals surface area contributed by atoms with Gasteiger partial charge in [-0.1, -0.05) is 45.4 Å². The molecule has 0 amide bonds. The molecule has 0 bridgehead atoms. The minimum atomic E-state index is -0.786. The van der Waals surface area contributed by atoms with Crippen LogP contribution in [-0.4, -0.2) is 20.7 Å². The quantitative estimate of drug-likeness (QED) is 0.733. The highest BCUT2D eigenvalue weighted by molar-refractivity contribution is 9.10. The Balaban J connectivity index is 2.38. The lowest BCUT2D eigenvalue weighted by atomic mass is 10.1. The highest BCUT2D eigenvalue weighted by Gasteiger charge is 2.11. The maximum absolute atomic E-state index is 11.8. The van der Waals surface area contributed by atoms with Gasteiger partial charge in [0.05, 0.1) is 0 Å². The molecule has 1 rings (SSSR count). The molecule has 0 spiro atoms. The monoisotopic (exact) mass is 345 g/mol. The number of aromatic amines is 1. The van der Waals surface area contributed by atoms with Crippen molar-refractivity contribution in [1.29, 1.82) is 0 Å². The van der Waals surface area contributed by atoms with E-state index in [0.717, 1.165) is 19.3 Å². The Morgan fingerprint density at radius 1 is 1.15 bits per heavy atom. The third kappa shape index (κ3) is 5.40. The number of hydrogen-bond donors (Lipinski definition) is 1. The van der Waals surface area contributed by atoms with E-state index in [1.54, 1.807) is 0 Å². The Labute approximate surface area is 125 Å². The summed E-state index contributed by atoms with van der Waals surface area (Å²) in [5.74, 6) is -0.388. The molecule has 6 nitrogen and oxygen atoms in total. The number of H-pyrrole nitrogens is 1. The predicted octanol–water partition coefficient (Wildman–Crippen LogP) is 2.47. The van der Waals surface area contributed by atoms with Crippen molar-refractivity contribution in [2.45, 2.75) is 58.3 Å². The highest BCUT2D eigenvalue weighted by Crippen LogP contribution is 2.08. The number of unbranched alkanes of at least 4 members (excludes halogenated alkanes) is 6.